The first-order chi connectivity index (χ1) is 18.0. The van der Waals surface area contributed by atoms with Gasteiger partial charge in [0.05, 0.1) is 23.9 Å². The van der Waals surface area contributed by atoms with Gasteiger partial charge in [0.1, 0.15) is 5.41 Å². The summed E-state index contributed by atoms with van der Waals surface area (Å²) in [5.74, 6) is 0.0561. The van der Waals surface area contributed by atoms with Crippen molar-refractivity contribution in [1.82, 2.24) is 14.8 Å². The van der Waals surface area contributed by atoms with Gasteiger partial charge in [-0.3, -0.25) is 14.7 Å². The Morgan fingerprint density at radius 3 is 2.59 bits per heavy atom. The van der Waals surface area contributed by atoms with Gasteiger partial charge in [0.15, 0.2) is 0 Å². The van der Waals surface area contributed by atoms with Crippen LogP contribution in [-0.4, -0.2) is 51.0 Å². The van der Waals surface area contributed by atoms with Gasteiger partial charge in [0.25, 0.3) is 5.91 Å². The molecule has 0 spiro atoms. The molecule has 1 amide bonds. The number of carbonyl (C=O) groups excluding carboxylic acids is 1. The molecule has 0 unspecified atom stereocenters. The highest BCUT2D eigenvalue weighted by molar-refractivity contribution is 6.05. The number of pyridine rings is 1. The van der Waals surface area contributed by atoms with Gasteiger partial charge in [-0.15, -0.1) is 0 Å². The molecule has 37 heavy (non-hydrogen) atoms. The van der Waals surface area contributed by atoms with Gasteiger partial charge < -0.3 is 10.0 Å². The number of benzene rings is 2. The number of aliphatic hydroxyl groups excluding tert-OH is 1. The summed E-state index contributed by atoms with van der Waals surface area (Å²) in [6.07, 6.45) is 6.59. The Bertz CT molecular complexity index is 1390. The van der Waals surface area contributed by atoms with Crippen molar-refractivity contribution in [1.29, 1.82) is 5.26 Å². The highest BCUT2D eigenvalue weighted by Crippen LogP contribution is 2.38. The van der Waals surface area contributed by atoms with E-state index in [1.54, 1.807) is 6.20 Å². The Labute approximate surface area is 218 Å². The first-order valence-electron chi connectivity index (χ1n) is 13.6. The Morgan fingerprint density at radius 2 is 1.86 bits per heavy atom. The molecule has 1 saturated carbocycles. The van der Waals surface area contributed by atoms with E-state index in [1.165, 1.54) is 5.39 Å². The number of nitriles is 1. The first kappa shape index (κ1) is 24.1. The van der Waals surface area contributed by atoms with Gasteiger partial charge in [-0.1, -0.05) is 37.1 Å². The van der Waals surface area contributed by atoms with Crippen molar-refractivity contribution in [2.45, 2.75) is 76.1 Å². The molecule has 2 fully saturated rings. The minimum absolute atomic E-state index is 0.0561. The molecular weight excluding hydrogens is 460 g/mol. The molecule has 1 aromatic heterocycles. The van der Waals surface area contributed by atoms with Gasteiger partial charge in [-0.25, -0.2) is 0 Å². The van der Waals surface area contributed by atoms with Crippen LogP contribution >= 0.6 is 0 Å². The molecule has 6 rings (SSSR count). The summed E-state index contributed by atoms with van der Waals surface area (Å²) in [7, 11) is 0. The lowest BCUT2D eigenvalue weighted by Gasteiger charge is -2.37. The maximum atomic E-state index is 13.6. The number of carbonyl (C=O) groups is 1. The molecule has 1 N–H and O–H groups in total. The van der Waals surface area contributed by atoms with E-state index in [4.69, 9.17) is 0 Å². The Morgan fingerprint density at radius 1 is 1.11 bits per heavy atom. The fourth-order valence-corrected chi connectivity index (χ4v) is 6.68. The standard InChI is InChI=1S/C31H34N4O2/c1-21-10-13-33-29(16-21)31(20-32)11-14-34(15-12-31)18-22-17-25-26(24-7-3-2-6-23(22)24)19-35(30(25)37)27-8-4-5-9-28(27)36/h2-3,6-7,10,13,16-17,27-28,36H,4-5,8-9,11-12,14-15,18-19H2,1H3/t27-,28-/m0/s1. The maximum Gasteiger partial charge on any atom is 0.254 e. The molecule has 2 atom stereocenters. The third kappa shape index (κ3) is 4.21. The Hall–Kier alpha value is -3.27. The highest BCUT2D eigenvalue weighted by atomic mass is 16.3. The Balaban J connectivity index is 1.26. The number of rotatable bonds is 4. The number of aliphatic hydroxyl groups is 1. The first-order valence-corrected chi connectivity index (χ1v) is 13.6. The minimum atomic E-state index is -0.542. The van der Waals surface area contributed by atoms with Crippen molar-refractivity contribution < 1.29 is 9.90 Å². The minimum Gasteiger partial charge on any atom is -0.391 e. The number of piperidine rings is 1. The van der Waals surface area contributed by atoms with Crippen LogP contribution in [0.25, 0.3) is 10.8 Å². The van der Waals surface area contributed by atoms with Crippen LogP contribution in [-0.2, 0) is 18.5 Å². The summed E-state index contributed by atoms with van der Waals surface area (Å²) in [6, 6.07) is 17.0. The van der Waals surface area contributed by atoms with E-state index in [2.05, 4.69) is 40.2 Å². The van der Waals surface area contributed by atoms with Crippen LogP contribution in [0.3, 0.4) is 0 Å². The summed E-state index contributed by atoms with van der Waals surface area (Å²) in [4.78, 5) is 22.5. The molecule has 2 aliphatic heterocycles. The topological polar surface area (TPSA) is 80.5 Å². The quantitative estimate of drug-likeness (QED) is 0.560. The number of aromatic nitrogens is 1. The predicted octanol–water partition coefficient (Wildman–Crippen LogP) is 4.86. The smallest absolute Gasteiger partial charge is 0.254 e. The zero-order valence-corrected chi connectivity index (χ0v) is 21.5. The lowest BCUT2D eigenvalue weighted by Crippen LogP contribution is -2.45. The summed E-state index contributed by atoms with van der Waals surface area (Å²) in [5.41, 5.74) is 4.51. The normalized spacial score (nSPS) is 23.7. The average Bonchev–Trinajstić information content (AvgIpc) is 3.25. The van der Waals surface area contributed by atoms with E-state index >= 15 is 0 Å². The second kappa shape index (κ2) is 9.55. The van der Waals surface area contributed by atoms with Crippen molar-refractivity contribution in [2.24, 2.45) is 0 Å². The second-order valence-electron chi connectivity index (χ2n) is 11.1. The lowest BCUT2D eigenvalue weighted by molar-refractivity contribution is 0.0192. The van der Waals surface area contributed by atoms with E-state index in [1.807, 2.05) is 30.0 Å². The molecule has 6 nitrogen and oxygen atoms in total. The van der Waals surface area contributed by atoms with Crippen molar-refractivity contribution in [3.63, 3.8) is 0 Å². The van der Waals surface area contributed by atoms with Gasteiger partial charge in [-0.2, -0.15) is 5.26 Å². The zero-order valence-electron chi connectivity index (χ0n) is 21.5. The molecule has 190 valence electrons. The highest BCUT2D eigenvalue weighted by Gasteiger charge is 2.40. The van der Waals surface area contributed by atoms with Crippen LogP contribution in [0.4, 0.5) is 0 Å². The summed E-state index contributed by atoms with van der Waals surface area (Å²) in [5, 5.41) is 23.1. The average molecular weight is 495 g/mol. The molecule has 2 aromatic carbocycles. The number of nitrogens with zero attached hydrogens (tertiary/aromatic N) is 4. The van der Waals surface area contributed by atoms with Crippen molar-refractivity contribution in [2.75, 3.05) is 13.1 Å². The fourth-order valence-electron chi connectivity index (χ4n) is 6.68. The molecule has 3 heterocycles. The molecule has 0 radical (unpaired) electrons. The predicted molar refractivity (Wildman–Crippen MR) is 143 cm³/mol. The third-order valence-electron chi connectivity index (χ3n) is 8.88. The number of fused-ring (bicyclic) bond motifs is 3. The van der Waals surface area contributed by atoms with Crippen LogP contribution in [0.2, 0.25) is 0 Å². The van der Waals surface area contributed by atoms with Crippen LogP contribution in [0.5, 0.6) is 0 Å². The lowest BCUT2D eigenvalue weighted by atomic mass is 9.76. The monoisotopic (exact) mass is 494 g/mol. The summed E-state index contributed by atoms with van der Waals surface area (Å²) < 4.78 is 0. The van der Waals surface area contributed by atoms with Crippen LogP contribution in [0, 0.1) is 18.3 Å². The molecule has 6 heteroatoms. The number of likely N-dealkylation sites (tertiary alicyclic amines) is 1. The van der Waals surface area contributed by atoms with Crippen LogP contribution in [0.15, 0.2) is 48.7 Å². The van der Waals surface area contributed by atoms with E-state index in [9.17, 15) is 15.2 Å². The van der Waals surface area contributed by atoms with E-state index in [0.717, 1.165) is 91.5 Å². The number of hydrogen-bond donors (Lipinski definition) is 1. The van der Waals surface area contributed by atoms with Gasteiger partial charge in [0.2, 0.25) is 0 Å². The van der Waals surface area contributed by atoms with Crippen LogP contribution in [0.1, 0.15) is 71.3 Å². The number of aryl methyl sites for hydroxylation is 1. The molecular formula is C31H34N4O2. The van der Waals surface area contributed by atoms with Crippen molar-refractivity contribution in [3.8, 4) is 6.07 Å². The summed E-state index contributed by atoms with van der Waals surface area (Å²) in [6.45, 7) is 4.98. The van der Waals surface area contributed by atoms with E-state index < -0.39 is 11.5 Å². The second-order valence-corrected chi connectivity index (χ2v) is 11.1. The van der Waals surface area contributed by atoms with Gasteiger partial charge in [-0.05, 0) is 78.3 Å². The van der Waals surface area contributed by atoms with E-state index in [0.29, 0.717) is 6.54 Å². The molecule has 3 aromatic rings. The number of amides is 1. The van der Waals surface area contributed by atoms with E-state index in [-0.39, 0.29) is 11.9 Å². The van der Waals surface area contributed by atoms with Crippen LogP contribution < -0.4 is 0 Å². The summed E-state index contributed by atoms with van der Waals surface area (Å²) >= 11 is 0. The van der Waals surface area contributed by atoms with Crippen molar-refractivity contribution >= 4 is 16.7 Å². The molecule has 3 aliphatic rings. The number of hydrogen-bond acceptors (Lipinski definition) is 5. The fraction of sp³-hybridized carbons (Fsp3) is 0.452. The van der Waals surface area contributed by atoms with Crippen molar-refractivity contribution in [3.05, 3.63) is 76.6 Å². The van der Waals surface area contributed by atoms with Gasteiger partial charge >= 0.3 is 0 Å². The molecule has 1 saturated heterocycles. The van der Waals surface area contributed by atoms with Gasteiger partial charge in [0, 0.05) is 37.9 Å². The largest absolute Gasteiger partial charge is 0.391 e. The molecule has 1 aliphatic carbocycles. The third-order valence-corrected chi connectivity index (χ3v) is 8.88. The SMILES string of the molecule is Cc1ccnc(C2(C#N)CCN(Cc3cc4c(c5ccccc35)CN([C@H]3CCCC[C@@H]3O)C4=O)CC2)c1. The maximum absolute atomic E-state index is 13.6. The molecule has 0 bridgehead atoms. The Kier molecular flexibility index (Phi) is 6.22. The zero-order chi connectivity index (χ0) is 25.6.